The molecule has 0 amide bonds. The molecule has 0 aromatic heterocycles. The zero-order chi connectivity index (χ0) is 15.3. The first-order valence-electron chi connectivity index (χ1n) is 5.98. The van der Waals surface area contributed by atoms with Gasteiger partial charge in [-0.05, 0) is 30.3 Å². The lowest BCUT2D eigenvalue weighted by Crippen LogP contribution is -2.24. The van der Waals surface area contributed by atoms with Gasteiger partial charge in [0.05, 0.1) is 6.54 Å². The van der Waals surface area contributed by atoms with E-state index in [9.17, 15) is 12.8 Å². The smallest absolute Gasteiger partial charge is 0.207 e. The second-order valence-corrected chi connectivity index (χ2v) is 6.24. The maximum atomic E-state index is 13.4. The molecule has 0 aliphatic carbocycles. The van der Waals surface area contributed by atoms with E-state index in [0.717, 1.165) is 6.07 Å². The van der Waals surface area contributed by atoms with Gasteiger partial charge in [-0.25, -0.2) is 12.8 Å². The normalized spacial score (nSPS) is 10.8. The van der Waals surface area contributed by atoms with Crippen molar-refractivity contribution in [3.63, 3.8) is 0 Å². The number of benzene rings is 2. The van der Waals surface area contributed by atoms with Gasteiger partial charge in [-0.2, -0.15) is 4.72 Å². The van der Waals surface area contributed by atoms with Gasteiger partial charge in [-0.15, -0.1) is 0 Å². The first kappa shape index (κ1) is 15.5. The van der Waals surface area contributed by atoms with E-state index in [4.69, 9.17) is 11.6 Å². The molecule has 0 saturated carbocycles. The third kappa shape index (κ3) is 4.30. The van der Waals surface area contributed by atoms with E-state index in [1.54, 1.807) is 24.3 Å². The summed E-state index contributed by atoms with van der Waals surface area (Å²) in [7, 11) is -3.91. The number of hydrogen-bond donors (Lipinski definition) is 1. The largest absolute Gasteiger partial charge is 0.244 e. The van der Waals surface area contributed by atoms with E-state index in [1.165, 1.54) is 18.2 Å². The number of nitrogens with one attached hydrogen (secondary N) is 1. The summed E-state index contributed by atoms with van der Waals surface area (Å²) in [6.07, 6.45) is 0. The van der Waals surface area contributed by atoms with Crippen LogP contribution in [0.1, 0.15) is 5.56 Å². The molecule has 0 atom stereocenters. The Bertz CT molecular complexity index is 810. The molecule has 0 heterocycles. The topological polar surface area (TPSA) is 46.2 Å². The van der Waals surface area contributed by atoms with Crippen molar-refractivity contribution in [1.82, 2.24) is 4.72 Å². The van der Waals surface area contributed by atoms with Gasteiger partial charge >= 0.3 is 0 Å². The summed E-state index contributed by atoms with van der Waals surface area (Å²) in [5.41, 5.74) is 0.674. The number of halogens is 2. The van der Waals surface area contributed by atoms with Crippen LogP contribution in [0, 0.1) is 17.7 Å². The van der Waals surface area contributed by atoms with Gasteiger partial charge in [0, 0.05) is 10.6 Å². The Hall–Kier alpha value is -1.87. The van der Waals surface area contributed by atoms with Crippen LogP contribution in [0.15, 0.2) is 53.4 Å². The Morgan fingerprint density at radius 3 is 2.62 bits per heavy atom. The monoisotopic (exact) mass is 323 g/mol. The van der Waals surface area contributed by atoms with Crippen LogP contribution in [-0.4, -0.2) is 15.0 Å². The number of hydrogen-bond acceptors (Lipinski definition) is 2. The summed E-state index contributed by atoms with van der Waals surface area (Å²) in [5.74, 6) is 4.62. The molecule has 2 aromatic rings. The van der Waals surface area contributed by atoms with Crippen LogP contribution in [0.2, 0.25) is 5.02 Å². The molecule has 108 valence electrons. The van der Waals surface area contributed by atoms with Crippen LogP contribution in [0.4, 0.5) is 4.39 Å². The minimum absolute atomic E-state index is 0.122. The van der Waals surface area contributed by atoms with Gasteiger partial charge in [-0.1, -0.05) is 41.6 Å². The second kappa shape index (κ2) is 6.72. The minimum atomic E-state index is -3.91. The highest BCUT2D eigenvalue weighted by molar-refractivity contribution is 7.89. The highest BCUT2D eigenvalue weighted by Gasteiger charge is 2.16. The SMILES string of the molecule is O=S(=O)(NCC#Cc1cccc(Cl)c1)c1ccccc1F. The summed E-state index contributed by atoms with van der Waals surface area (Å²) in [5, 5.41) is 0.550. The molecule has 1 N–H and O–H groups in total. The van der Waals surface area contributed by atoms with Crippen LogP contribution in [-0.2, 0) is 10.0 Å². The van der Waals surface area contributed by atoms with E-state index in [2.05, 4.69) is 16.6 Å². The van der Waals surface area contributed by atoms with Crippen molar-refractivity contribution < 1.29 is 12.8 Å². The molecular formula is C15H11ClFNO2S. The van der Waals surface area contributed by atoms with Crippen molar-refractivity contribution in [3.05, 3.63) is 64.9 Å². The highest BCUT2D eigenvalue weighted by Crippen LogP contribution is 2.12. The molecule has 0 spiro atoms. The zero-order valence-corrected chi connectivity index (χ0v) is 12.4. The lowest BCUT2D eigenvalue weighted by molar-refractivity contribution is 0.560. The average molecular weight is 324 g/mol. The Labute approximate surface area is 127 Å². The lowest BCUT2D eigenvalue weighted by atomic mass is 10.2. The third-order valence-corrected chi connectivity index (χ3v) is 4.20. The summed E-state index contributed by atoms with van der Waals surface area (Å²) in [6, 6.07) is 12.0. The maximum Gasteiger partial charge on any atom is 0.244 e. The van der Waals surface area contributed by atoms with Crippen LogP contribution >= 0.6 is 11.6 Å². The van der Waals surface area contributed by atoms with Crippen molar-refractivity contribution in [1.29, 1.82) is 0 Å². The summed E-state index contributed by atoms with van der Waals surface area (Å²) in [6.45, 7) is -0.122. The second-order valence-electron chi connectivity index (χ2n) is 4.07. The first-order valence-corrected chi connectivity index (χ1v) is 7.84. The molecule has 0 unspecified atom stereocenters. The van der Waals surface area contributed by atoms with E-state index >= 15 is 0 Å². The Balaban J connectivity index is 2.06. The average Bonchev–Trinajstić information content (AvgIpc) is 2.44. The first-order chi connectivity index (χ1) is 9.99. The van der Waals surface area contributed by atoms with Crippen molar-refractivity contribution in [2.45, 2.75) is 4.90 Å². The highest BCUT2D eigenvalue weighted by atomic mass is 35.5. The van der Waals surface area contributed by atoms with Crippen LogP contribution in [0.5, 0.6) is 0 Å². The molecule has 2 rings (SSSR count). The minimum Gasteiger partial charge on any atom is -0.207 e. The molecular weight excluding hydrogens is 313 g/mol. The Kier molecular flexibility index (Phi) is 4.97. The predicted molar refractivity (Wildman–Crippen MR) is 79.9 cm³/mol. The van der Waals surface area contributed by atoms with Gasteiger partial charge in [0.25, 0.3) is 0 Å². The van der Waals surface area contributed by atoms with Crippen LogP contribution in [0.25, 0.3) is 0 Å². The van der Waals surface area contributed by atoms with E-state index in [0.29, 0.717) is 10.6 Å². The van der Waals surface area contributed by atoms with Crippen molar-refractivity contribution >= 4 is 21.6 Å². The molecule has 0 radical (unpaired) electrons. The number of sulfonamides is 1. The fourth-order valence-electron chi connectivity index (χ4n) is 1.58. The quantitative estimate of drug-likeness (QED) is 0.883. The molecule has 0 aliphatic rings. The summed E-state index contributed by atoms with van der Waals surface area (Å²) < 4.78 is 39.4. The van der Waals surface area contributed by atoms with Gasteiger partial charge < -0.3 is 0 Å². The van der Waals surface area contributed by atoms with Crippen molar-refractivity contribution in [2.24, 2.45) is 0 Å². The number of rotatable bonds is 3. The van der Waals surface area contributed by atoms with E-state index in [-0.39, 0.29) is 6.54 Å². The lowest BCUT2D eigenvalue weighted by Gasteiger charge is -2.04. The molecule has 0 fully saturated rings. The molecule has 21 heavy (non-hydrogen) atoms. The summed E-state index contributed by atoms with van der Waals surface area (Å²) >= 11 is 5.81. The van der Waals surface area contributed by atoms with Crippen LogP contribution in [0.3, 0.4) is 0 Å². The fraction of sp³-hybridized carbons (Fsp3) is 0.0667. The zero-order valence-electron chi connectivity index (χ0n) is 10.8. The van der Waals surface area contributed by atoms with Crippen LogP contribution < -0.4 is 4.72 Å². The summed E-state index contributed by atoms with van der Waals surface area (Å²) in [4.78, 5) is -0.394. The molecule has 0 aliphatic heterocycles. The van der Waals surface area contributed by atoms with E-state index in [1.807, 2.05) is 0 Å². The standard InChI is InChI=1S/C15H11ClFNO2S/c16-13-7-3-5-12(11-13)6-4-10-18-21(19,20)15-9-2-1-8-14(15)17/h1-3,5,7-9,11,18H,10H2. The molecule has 6 heteroatoms. The molecule has 0 bridgehead atoms. The van der Waals surface area contributed by atoms with E-state index < -0.39 is 20.7 Å². The van der Waals surface area contributed by atoms with Gasteiger partial charge in [0.2, 0.25) is 10.0 Å². The fourth-order valence-corrected chi connectivity index (χ4v) is 2.77. The third-order valence-electron chi connectivity index (χ3n) is 2.53. The predicted octanol–water partition coefficient (Wildman–Crippen LogP) is 2.81. The van der Waals surface area contributed by atoms with Gasteiger partial charge in [0.1, 0.15) is 10.7 Å². The van der Waals surface area contributed by atoms with Gasteiger partial charge in [-0.3, -0.25) is 0 Å². The molecule has 3 nitrogen and oxygen atoms in total. The molecule has 2 aromatic carbocycles. The van der Waals surface area contributed by atoms with Gasteiger partial charge in [0.15, 0.2) is 0 Å². The Morgan fingerprint density at radius 2 is 1.90 bits per heavy atom. The van der Waals surface area contributed by atoms with Crippen molar-refractivity contribution in [3.8, 4) is 11.8 Å². The maximum absolute atomic E-state index is 13.4. The van der Waals surface area contributed by atoms with Crippen molar-refractivity contribution in [2.75, 3.05) is 6.54 Å². The Morgan fingerprint density at radius 1 is 1.14 bits per heavy atom. The molecule has 0 saturated heterocycles.